The topological polar surface area (TPSA) is 77.4 Å². The van der Waals surface area contributed by atoms with E-state index >= 15 is 0 Å². The molecule has 0 amide bonds. The molecule has 4 rings (SSSR count). The van der Waals surface area contributed by atoms with Crippen LogP contribution in [0.4, 0.5) is 0 Å². The van der Waals surface area contributed by atoms with Gasteiger partial charge in [-0.3, -0.25) is 0 Å². The van der Waals surface area contributed by atoms with Gasteiger partial charge in [-0.25, -0.2) is 15.0 Å². The lowest BCUT2D eigenvalue weighted by Gasteiger charge is -2.11. The van der Waals surface area contributed by atoms with Crippen LogP contribution in [-0.4, -0.2) is 27.2 Å². The molecule has 2 aromatic heterocycles. The molecule has 0 unspecified atom stereocenters. The van der Waals surface area contributed by atoms with E-state index in [4.69, 9.17) is 21.1 Å². The fourth-order valence-electron chi connectivity index (χ4n) is 2.78. The van der Waals surface area contributed by atoms with Crippen LogP contribution < -0.4 is 9.47 Å². The maximum atomic E-state index is 9.38. The van der Waals surface area contributed by atoms with E-state index in [1.807, 2.05) is 36.4 Å². The summed E-state index contributed by atoms with van der Waals surface area (Å²) in [5.41, 5.74) is 2.19. The van der Waals surface area contributed by atoms with Crippen LogP contribution in [0, 0.1) is 0 Å². The highest BCUT2D eigenvalue weighted by Gasteiger charge is 2.11. The summed E-state index contributed by atoms with van der Waals surface area (Å²) < 4.78 is 11.3. The Morgan fingerprint density at radius 1 is 1.04 bits per heavy atom. The second kappa shape index (κ2) is 7.70. The number of aromatic hydroxyl groups is 1. The fourth-order valence-corrected chi connectivity index (χ4v) is 3.00. The van der Waals surface area contributed by atoms with Crippen molar-refractivity contribution < 1.29 is 14.6 Å². The molecule has 0 radical (unpaired) electrons. The second-order valence-corrected chi connectivity index (χ2v) is 6.51. The number of halogens is 1. The summed E-state index contributed by atoms with van der Waals surface area (Å²) in [6, 6.07) is 14.9. The lowest BCUT2D eigenvalue weighted by atomic mass is 10.1. The predicted octanol–water partition coefficient (Wildman–Crippen LogP) is 4.64. The summed E-state index contributed by atoms with van der Waals surface area (Å²) in [5.74, 6) is 1.74. The minimum absolute atomic E-state index is 0.00127. The van der Waals surface area contributed by atoms with Crippen molar-refractivity contribution in [3.8, 4) is 28.8 Å². The van der Waals surface area contributed by atoms with Gasteiger partial charge in [0.1, 0.15) is 29.3 Å². The average Bonchev–Trinajstić information content (AvgIpc) is 2.72. The van der Waals surface area contributed by atoms with E-state index in [1.165, 1.54) is 12.4 Å². The molecule has 1 N–H and O–H groups in total. The highest BCUT2D eigenvalue weighted by Crippen LogP contribution is 2.31. The first-order chi connectivity index (χ1) is 13.6. The average molecular weight is 394 g/mol. The summed E-state index contributed by atoms with van der Waals surface area (Å²) >= 11 is 6.25. The highest BCUT2D eigenvalue weighted by atomic mass is 35.5. The summed E-state index contributed by atoms with van der Waals surface area (Å²) in [4.78, 5) is 12.9. The van der Waals surface area contributed by atoms with Crippen LogP contribution in [0.1, 0.15) is 5.56 Å². The number of nitrogens with zero attached hydrogens (tertiary/aromatic N) is 3. The third-order valence-corrected chi connectivity index (χ3v) is 4.34. The van der Waals surface area contributed by atoms with Gasteiger partial charge in [-0.15, -0.1) is 0 Å². The number of methoxy groups -OCH3 is 1. The fraction of sp³-hybridized carbons (Fsp3) is 0.0952. The third kappa shape index (κ3) is 3.82. The molecule has 0 aliphatic rings. The van der Waals surface area contributed by atoms with Gasteiger partial charge in [0.25, 0.3) is 0 Å². The number of pyridine rings is 1. The molecule has 0 bridgehead atoms. The van der Waals surface area contributed by atoms with Gasteiger partial charge in [0.2, 0.25) is 0 Å². The van der Waals surface area contributed by atoms with Crippen molar-refractivity contribution in [2.24, 2.45) is 0 Å². The zero-order valence-electron chi connectivity index (χ0n) is 15.0. The first-order valence-corrected chi connectivity index (χ1v) is 8.87. The molecule has 0 aliphatic carbocycles. The molecule has 2 aromatic carbocycles. The van der Waals surface area contributed by atoms with E-state index < -0.39 is 0 Å². The molecule has 7 heteroatoms. The summed E-state index contributed by atoms with van der Waals surface area (Å²) in [7, 11) is 1.63. The van der Waals surface area contributed by atoms with Gasteiger partial charge in [-0.05, 0) is 29.8 Å². The maximum Gasteiger partial charge on any atom is 0.178 e. The molecule has 140 valence electrons. The standard InChI is InChI=1S/C21H16ClN3O3/c1-27-17-4-2-3-13(7-17)12-28-19-9-15(22)8-14-5-6-18(25-20(14)19)21-23-10-16(26)11-24-21/h2-11,26H,12H2,1H3. The Kier molecular flexibility index (Phi) is 4.95. The lowest BCUT2D eigenvalue weighted by molar-refractivity contribution is 0.308. The van der Waals surface area contributed by atoms with E-state index in [-0.39, 0.29) is 5.75 Å². The minimum Gasteiger partial charge on any atom is -0.505 e. The number of rotatable bonds is 5. The van der Waals surface area contributed by atoms with E-state index in [0.29, 0.717) is 34.4 Å². The highest BCUT2D eigenvalue weighted by molar-refractivity contribution is 6.31. The van der Waals surface area contributed by atoms with Gasteiger partial charge in [-0.2, -0.15) is 0 Å². The van der Waals surface area contributed by atoms with E-state index in [2.05, 4.69) is 15.0 Å². The second-order valence-electron chi connectivity index (χ2n) is 6.08. The number of ether oxygens (including phenoxy) is 2. The zero-order chi connectivity index (χ0) is 19.5. The van der Waals surface area contributed by atoms with Gasteiger partial charge >= 0.3 is 0 Å². The Morgan fingerprint density at radius 3 is 2.64 bits per heavy atom. The molecule has 6 nitrogen and oxygen atoms in total. The smallest absolute Gasteiger partial charge is 0.178 e. The van der Waals surface area contributed by atoms with Gasteiger partial charge in [-0.1, -0.05) is 29.8 Å². The van der Waals surface area contributed by atoms with Gasteiger partial charge in [0.05, 0.1) is 19.5 Å². The molecule has 2 heterocycles. The normalized spacial score (nSPS) is 10.8. The van der Waals surface area contributed by atoms with Crippen molar-refractivity contribution in [1.29, 1.82) is 0 Å². The number of aromatic nitrogens is 3. The van der Waals surface area contributed by atoms with Crippen molar-refractivity contribution in [3.63, 3.8) is 0 Å². The molecule has 4 aromatic rings. The van der Waals surface area contributed by atoms with E-state index in [9.17, 15) is 5.11 Å². The van der Waals surface area contributed by atoms with Crippen LogP contribution in [-0.2, 0) is 6.61 Å². The largest absolute Gasteiger partial charge is 0.505 e. The van der Waals surface area contributed by atoms with Crippen LogP contribution in [0.5, 0.6) is 17.2 Å². The Labute approximate surface area is 166 Å². The predicted molar refractivity (Wildman–Crippen MR) is 107 cm³/mol. The van der Waals surface area contributed by atoms with Crippen LogP contribution in [0.3, 0.4) is 0 Å². The molecular formula is C21H16ClN3O3. The molecule has 28 heavy (non-hydrogen) atoms. The summed E-state index contributed by atoms with van der Waals surface area (Å²) in [6.07, 6.45) is 2.66. The van der Waals surface area contributed by atoms with Crippen LogP contribution >= 0.6 is 11.6 Å². The first-order valence-electron chi connectivity index (χ1n) is 8.50. The Balaban J connectivity index is 1.69. The first kappa shape index (κ1) is 18.0. The number of hydrogen-bond donors (Lipinski definition) is 1. The van der Waals surface area contributed by atoms with Crippen LogP contribution in [0.25, 0.3) is 22.4 Å². The monoisotopic (exact) mass is 393 g/mol. The van der Waals surface area contributed by atoms with Crippen LogP contribution in [0.2, 0.25) is 5.02 Å². The number of benzene rings is 2. The molecule has 0 saturated heterocycles. The van der Waals surface area contributed by atoms with Crippen molar-refractivity contribution >= 4 is 22.5 Å². The molecule has 0 aliphatic heterocycles. The molecular weight excluding hydrogens is 378 g/mol. The van der Waals surface area contributed by atoms with Crippen molar-refractivity contribution in [1.82, 2.24) is 15.0 Å². The van der Waals surface area contributed by atoms with Gasteiger partial charge in [0.15, 0.2) is 11.6 Å². The van der Waals surface area contributed by atoms with Crippen molar-refractivity contribution in [2.45, 2.75) is 6.61 Å². The minimum atomic E-state index is -0.00127. The molecule has 0 spiro atoms. The van der Waals surface area contributed by atoms with Gasteiger partial charge in [0, 0.05) is 16.5 Å². The quantitative estimate of drug-likeness (QED) is 0.532. The maximum absolute atomic E-state index is 9.38. The number of hydrogen-bond acceptors (Lipinski definition) is 6. The van der Waals surface area contributed by atoms with Crippen molar-refractivity contribution in [2.75, 3.05) is 7.11 Å². The number of fused-ring (bicyclic) bond motifs is 1. The van der Waals surface area contributed by atoms with E-state index in [1.54, 1.807) is 19.2 Å². The van der Waals surface area contributed by atoms with Crippen LogP contribution in [0.15, 0.2) is 60.9 Å². The third-order valence-electron chi connectivity index (χ3n) is 4.12. The van der Waals surface area contributed by atoms with Crippen molar-refractivity contribution in [3.05, 3.63) is 71.5 Å². The molecule has 0 fully saturated rings. The summed E-state index contributed by atoms with van der Waals surface area (Å²) in [6.45, 7) is 0.342. The van der Waals surface area contributed by atoms with E-state index in [0.717, 1.165) is 16.7 Å². The molecule has 0 saturated carbocycles. The summed E-state index contributed by atoms with van der Waals surface area (Å²) in [5, 5.41) is 10.8. The lowest BCUT2D eigenvalue weighted by Crippen LogP contribution is -1.98. The zero-order valence-corrected chi connectivity index (χ0v) is 15.7. The Hall–Kier alpha value is -3.38. The van der Waals surface area contributed by atoms with Gasteiger partial charge < -0.3 is 14.6 Å². The Bertz CT molecular complexity index is 1130. The molecule has 0 atom stereocenters. The Morgan fingerprint density at radius 2 is 1.86 bits per heavy atom. The SMILES string of the molecule is COc1cccc(COc2cc(Cl)cc3ccc(-c4ncc(O)cn4)nc23)c1.